The molecular formula is C14H22F2N2O2S. The van der Waals surface area contributed by atoms with E-state index < -0.39 is 21.7 Å². The lowest BCUT2D eigenvalue weighted by Crippen LogP contribution is -2.27. The summed E-state index contributed by atoms with van der Waals surface area (Å²) in [5.74, 6) is -1.90. The Morgan fingerprint density at radius 2 is 1.86 bits per heavy atom. The average molecular weight is 320 g/mol. The van der Waals surface area contributed by atoms with Crippen molar-refractivity contribution in [3.8, 4) is 0 Å². The fourth-order valence-corrected chi connectivity index (χ4v) is 2.84. The van der Waals surface area contributed by atoms with Crippen molar-refractivity contribution in [3.63, 3.8) is 0 Å². The van der Waals surface area contributed by atoms with Crippen LogP contribution < -0.4 is 10.0 Å². The quantitative estimate of drug-likeness (QED) is 0.686. The van der Waals surface area contributed by atoms with Gasteiger partial charge in [0.2, 0.25) is 10.0 Å². The van der Waals surface area contributed by atoms with E-state index in [2.05, 4.69) is 10.0 Å². The number of benzene rings is 1. The van der Waals surface area contributed by atoms with Crippen LogP contribution >= 0.6 is 0 Å². The Labute approximate surface area is 125 Å². The molecule has 0 aromatic heterocycles. The number of halogens is 2. The van der Waals surface area contributed by atoms with E-state index in [1.165, 1.54) is 6.07 Å². The lowest BCUT2D eigenvalue weighted by Gasteiger charge is -2.09. The highest BCUT2D eigenvalue weighted by atomic mass is 32.2. The van der Waals surface area contributed by atoms with Gasteiger partial charge in [-0.3, -0.25) is 0 Å². The first-order valence-corrected chi connectivity index (χ1v) is 8.60. The van der Waals surface area contributed by atoms with Gasteiger partial charge in [0.15, 0.2) is 11.6 Å². The molecule has 0 aliphatic rings. The van der Waals surface area contributed by atoms with Crippen LogP contribution in [0.25, 0.3) is 0 Å². The topological polar surface area (TPSA) is 58.2 Å². The van der Waals surface area contributed by atoms with Gasteiger partial charge in [0.1, 0.15) is 0 Å². The van der Waals surface area contributed by atoms with Crippen molar-refractivity contribution in [1.82, 2.24) is 10.0 Å². The summed E-state index contributed by atoms with van der Waals surface area (Å²) in [4.78, 5) is 0. The van der Waals surface area contributed by atoms with E-state index in [9.17, 15) is 17.2 Å². The Morgan fingerprint density at radius 3 is 2.48 bits per heavy atom. The molecule has 4 nitrogen and oxygen atoms in total. The SMILES string of the molecule is CC(C)NCCCCS(=O)(=O)NCc1ccc(F)c(F)c1. The highest BCUT2D eigenvalue weighted by molar-refractivity contribution is 7.89. The molecule has 0 saturated heterocycles. The highest BCUT2D eigenvalue weighted by Crippen LogP contribution is 2.08. The van der Waals surface area contributed by atoms with Crippen LogP contribution in [0, 0.1) is 11.6 Å². The van der Waals surface area contributed by atoms with Gasteiger partial charge in [-0.1, -0.05) is 19.9 Å². The summed E-state index contributed by atoms with van der Waals surface area (Å²) < 4.78 is 51.6. The summed E-state index contributed by atoms with van der Waals surface area (Å²) in [6.45, 7) is 4.79. The molecule has 0 atom stereocenters. The number of unbranched alkanes of at least 4 members (excludes halogenated alkanes) is 1. The third kappa shape index (κ3) is 7.50. The minimum Gasteiger partial charge on any atom is -0.315 e. The number of sulfonamides is 1. The van der Waals surface area contributed by atoms with Crippen molar-refractivity contribution in [3.05, 3.63) is 35.4 Å². The lowest BCUT2D eigenvalue weighted by molar-refractivity contribution is 0.506. The summed E-state index contributed by atoms with van der Waals surface area (Å²) in [6.07, 6.45) is 1.32. The Balaban J connectivity index is 2.33. The second-order valence-electron chi connectivity index (χ2n) is 5.20. The zero-order valence-electron chi connectivity index (χ0n) is 12.3. The molecule has 1 rings (SSSR count). The van der Waals surface area contributed by atoms with Crippen LogP contribution in [-0.4, -0.2) is 26.8 Å². The first-order valence-electron chi connectivity index (χ1n) is 6.95. The predicted molar refractivity (Wildman–Crippen MR) is 79.4 cm³/mol. The molecule has 0 bridgehead atoms. The van der Waals surface area contributed by atoms with E-state index in [1.807, 2.05) is 13.8 Å². The molecule has 2 N–H and O–H groups in total. The summed E-state index contributed by atoms with van der Waals surface area (Å²) in [7, 11) is -3.40. The summed E-state index contributed by atoms with van der Waals surface area (Å²) in [5.41, 5.74) is 0.388. The third-order valence-electron chi connectivity index (χ3n) is 2.87. The molecule has 120 valence electrons. The Hall–Kier alpha value is -1.05. The maximum absolute atomic E-state index is 13.0. The lowest BCUT2D eigenvalue weighted by atomic mass is 10.2. The number of nitrogens with one attached hydrogen (secondary N) is 2. The zero-order chi connectivity index (χ0) is 15.9. The van der Waals surface area contributed by atoms with E-state index >= 15 is 0 Å². The van der Waals surface area contributed by atoms with Gasteiger partial charge in [-0.2, -0.15) is 0 Å². The van der Waals surface area contributed by atoms with Crippen LogP contribution in [0.1, 0.15) is 32.3 Å². The van der Waals surface area contributed by atoms with Gasteiger partial charge in [-0.15, -0.1) is 0 Å². The second-order valence-corrected chi connectivity index (χ2v) is 7.13. The molecule has 0 radical (unpaired) electrons. The van der Waals surface area contributed by atoms with Gasteiger partial charge >= 0.3 is 0 Å². The van der Waals surface area contributed by atoms with Gasteiger partial charge in [0.05, 0.1) is 5.75 Å². The molecule has 0 unspecified atom stereocenters. The smallest absolute Gasteiger partial charge is 0.211 e. The summed E-state index contributed by atoms with van der Waals surface area (Å²) in [6, 6.07) is 3.71. The van der Waals surface area contributed by atoms with Gasteiger partial charge in [-0.25, -0.2) is 21.9 Å². The summed E-state index contributed by atoms with van der Waals surface area (Å²) in [5, 5.41) is 3.21. The molecule has 0 amide bonds. The molecular weight excluding hydrogens is 298 g/mol. The fourth-order valence-electron chi connectivity index (χ4n) is 1.72. The number of hydrogen-bond acceptors (Lipinski definition) is 3. The predicted octanol–water partition coefficient (Wildman–Crippen LogP) is 2.16. The second kappa shape index (κ2) is 8.41. The van der Waals surface area contributed by atoms with E-state index in [1.54, 1.807) is 0 Å². The van der Waals surface area contributed by atoms with Gasteiger partial charge in [-0.05, 0) is 37.1 Å². The molecule has 21 heavy (non-hydrogen) atoms. The Bertz CT molecular complexity index is 548. The normalized spacial score (nSPS) is 12.0. The standard InChI is InChI=1S/C14H22F2N2O2S/c1-11(2)17-7-3-4-8-21(19,20)18-10-12-5-6-13(15)14(16)9-12/h5-6,9,11,17-18H,3-4,7-8,10H2,1-2H3. The van der Waals surface area contributed by atoms with Crippen molar-refractivity contribution >= 4 is 10.0 Å². The van der Waals surface area contributed by atoms with E-state index in [0.29, 0.717) is 18.0 Å². The van der Waals surface area contributed by atoms with Crippen LogP contribution in [-0.2, 0) is 16.6 Å². The molecule has 0 heterocycles. The molecule has 0 aliphatic heterocycles. The first-order chi connectivity index (χ1) is 9.80. The van der Waals surface area contributed by atoms with Crippen molar-refractivity contribution < 1.29 is 17.2 Å². The minimum absolute atomic E-state index is 0.0243. The Kier molecular flexibility index (Phi) is 7.21. The first kappa shape index (κ1) is 18.0. The van der Waals surface area contributed by atoms with Crippen molar-refractivity contribution in [1.29, 1.82) is 0 Å². The third-order valence-corrected chi connectivity index (χ3v) is 4.28. The van der Waals surface area contributed by atoms with Crippen LogP contribution in [0.5, 0.6) is 0 Å². The molecule has 1 aromatic carbocycles. The van der Waals surface area contributed by atoms with Crippen LogP contribution in [0.2, 0.25) is 0 Å². The van der Waals surface area contributed by atoms with Gasteiger partial charge in [0, 0.05) is 12.6 Å². The molecule has 0 saturated carbocycles. The van der Waals surface area contributed by atoms with E-state index in [-0.39, 0.29) is 12.3 Å². The summed E-state index contributed by atoms with van der Waals surface area (Å²) >= 11 is 0. The average Bonchev–Trinajstić information content (AvgIpc) is 2.39. The van der Waals surface area contributed by atoms with Crippen LogP contribution in [0.3, 0.4) is 0 Å². The van der Waals surface area contributed by atoms with Gasteiger partial charge in [0.25, 0.3) is 0 Å². The molecule has 1 aromatic rings. The van der Waals surface area contributed by atoms with Crippen LogP contribution in [0.4, 0.5) is 8.78 Å². The van der Waals surface area contributed by atoms with Crippen molar-refractivity contribution in [2.45, 2.75) is 39.3 Å². The zero-order valence-corrected chi connectivity index (χ0v) is 13.1. The monoisotopic (exact) mass is 320 g/mol. The molecule has 0 aliphatic carbocycles. The minimum atomic E-state index is -3.40. The molecule has 0 fully saturated rings. The molecule has 0 spiro atoms. The van der Waals surface area contributed by atoms with Crippen molar-refractivity contribution in [2.75, 3.05) is 12.3 Å². The number of hydrogen-bond donors (Lipinski definition) is 2. The maximum Gasteiger partial charge on any atom is 0.211 e. The molecule has 7 heteroatoms. The largest absolute Gasteiger partial charge is 0.315 e. The van der Waals surface area contributed by atoms with Gasteiger partial charge < -0.3 is 5.32 Å². The van der Waals surface area contributed by atoms with E-state index in [0.717, 1.165) is 25.1 Å². The highest BCUT2D eigenvalue weighted by Gasteiger charge is 2.10. The maximum atomic E-state index is 13.0. The van der Waals surface area contributed by atoms with Crippen molar-refractivity contribution in [2.24, 2.45) is 0 Å². The Morgan fingerprint density at radius 1 is 1.14 bits per heavy atom. The van der Waals surface area contributed by atoms with Crippen LogP contribution in [0.15, 0.2) is 18.2 Å². The number of rotatable bonds is 9. The fraction of sp³-hybridized carbons (Fsp3) is 0.571. The van der Waals surface area contributed by atoms with E-state index in [4.69, 9.17) is 0 Å².